The second-order valence-electron chi connectivity index (χ2n) is 5.36. The highest BCUT2D eigenvalue weighted by Crippen LogP contribution is 2.21. The highest BCUT2D eigenvalue weighted by Gasteiger charge is 2.24. The first kappa shape index (κ1) is 14.1. The smallest absolute Gasteiger partial charge is 0.339 e. The van der Waals surface area contributed by atoms with Crippen molar-refractivity contribution >= 4 is 5.97 Å². The normalized spacial score (nSPS) is 24.6. The molecule has 2 N–H and O–H groups in total. The summed E-state index contributed by atoms with van der Waals surface area (Å²) in [7, 11) is 0. The van der Waals surface area contributed by atoms with Crippen LogP contribution in [0.3, 0.4) is 0 Å². The SMILES string of the molecule is Cc1oc(CNN2C(C)CCCC2C)cc1C(=O)O. The lowest BCUT2D eigenvalue weighted by molar-refractivity contribution is 0.0411. The molecular formula is C14H22N2O3. The van der Waals surface area contributed by atoms with Crippen LogP contribution in [0.4, 0.5) is 0 Å². The van der Waals surface area contributed by atoms with Crippen molar-refractivity contribution in [1.29, 1.82) is 0 Å². The summed E-state index contributed by atoms with van der Waals surface area (Å²) < 4.78 is 5.47. The van der Waals surface area contributed by atoms with E-state index in [1.807, 2.05) is 0 Å². The number of hydrogen-bond donors (Lipinski definition) is 2. The van der Waals surface area contributed by atoms with Gasteiger partial charge in [-0.25, -0.2) is 15.2 Å². The second kappa shape index (κ2) is 5.75. The number of hydrogen-bond acceptors (Lipinski definition) is 4. The van der Waals surface area contributed by atoms with E-state index in [1.54, 1.807) is 13.0 Å². The molecule has 0 aliphatic carbocycles. The summed E-state index contributed by atoms with van der Waals surface area (Å²) in [5, 5.41) is 11.2. The summed E-state index contributed by atoms with van der Waals surface area (Å²) >= 11 is 0. The van der Waals surface area contributed by atoms with Crippen LogP contribution in [0.5, 0.6) is 0 Å². The molecule has 0 spiro atoms. The van der Waals surface area contributed by atoms with Crippen molar-refractivity contribution in [2.45, 2.75) is 58.7 Å². The largest absolute Gasteiger partial charge is 0.478 e. The standard InChI is InChI=1S/C14H22N2O3/c1-9-5-4-6-10(2)16(9)15-8-12-7-13(14(17)18)11(3)19-12/h7,9-10,15H,4-6,8H2,1-3H3,(H,17,18). The summed E-state index contributed by atoms with van der Waals surface area (Å²) in [6.07, 6.45) is 3.65. The number of furan rings is 1. The molecule has 1 aliphatic rings. The Hall–Kier alpha value is -1.33. The van der Waals surface area contributed by atoms with Crippen molar-refractivity contribution in [3.05, 3.63) is 23.2 Å². The van der Waals surface area contributed by atoms with E-state index in [1.165, 1.54) is 19.3 Å². The number of nitrogens with one attached hydrogen (secondary N) is 1. The second-order valence-corrected chi connectivity index (χ2v) is 5.36. The predicted molar refractivity (Wildman–Crippen MR) is 71.9 cm³/mol. The zero-order valence-electron chi connectivity index (χ0n) is 11.8. The van der Waals surface area contributed by atoms with Crippen molar-refractivity contribution in [2.75, 3.05) is 0 Å². The van der Waals surface area contributed by atoms with Crippen LogP contribution in [-0.4, -0.2) is 28.2 Å². The molecule has 1 saturated heterocycles. The van der Waals surface area contributed by atoms with Gasteiger partial charge in [-0.05, 0) is 39.7 Å². The zero-order valence-corrected chi connectivity index (χ0v) is 11.8. The molecule has 5 nitrogen and oxygen atoms in total. The molecule has 2 atom stereocenters. The van der Waals surface area contributed by atoms with Crippen LogP contribution in [0.1, 0.15) is 55.0 Å². The number of piperidine rings is 1. The van der Waals surface area contributed by atoms with Gasteiger partial charge in [-0.15, -0.1) is 0 Å². The molecule has 0 aromatic carbocycles. The number of carboxylic acid groups (broad SMARTS) is 1. The van der Waals surface area contributed by atoms with Gasteiger partial charge < -0.3 is 9.52 Å². The lowest BCUT2D eigenvalue weighted by Crippen LogP contribution is -2.51. The molecule has 5 heteroatoms. The third kappa shape index (κ3) is 3.16. The summed E-state index contributed by atoms with van der Waals surface area (Å²) in [4.78, 5) is 11.0. The quantitative estimate of drug-likeness (QED) is 0.876. The average Bonchev–Trinajstić information content (AvgIpc) is 2.70. The third-order valence-electron chi connectivity index (χ3n) is 3.83. The number of rotatable bonds is 4. The van der Waals surface area contributed by atoms with Crippen LogP contribution in [0.2, 0.25) is 0 Å². The Labute approximate surface area is 113 Å². The van der Waals surface area contributed by atoms with Crippen molar-refractivity contribution in [3.8, 4) is 0 Å². The molecule has 0 bridgehead atoms. The molecule has 0 saturated carbocycles. The van der Waals surface area contributed by atoms with Crippen molar-refractivity contribution < 1.29 is 14.3 Å². The summed E-state index contributed by atoms with van der Waals surface area (Å²) in [6.45, 7) is 6.62. The number of nitrogens with zero attached hydrogens (tertiary/aromatic N) is 1. The number of carboxylic acids is 1. The fraction of sp³-hybridized carbons (Fsp3) is 0.643. The van der Waals surface area contributed by atoms with E-state index in [4.69, 9.17) is 9.52 Å². The minimum absolute atomic E-state index is 0.247. The maximum absolute atomic E-state index is 11.0. The molecule has 0 radical (unpaired) electrons. The van der Waals surface area contributed by atoms with Crippen molar-refractivity contribution in [3.63, 3.8) is 0 Å². The molecule has 2 rings (SSSR count). The van der Waals surface area contributed by atoms with Crippen LogP contribution < -0.4 is 5.43 Å². The van der Waals surface area contributed by atoms with Gasteiger partial charge in [0.2, 0.25) is 0 Å². The van der Waals surface area contributed by atoms with Crippen LogP contribution in [0, 0.1) is 6.92 Å². The Kier molecular flexibility index (Phi) is 4.27. The Morgan fingerprint density at radius 2 is 2.11 bits per heavy atom. The lowest BCUT2D eigenvalue weighted by Gasteiger charge is -2.38. The van der Waals surface area contributed by atoms with E-state index in [9.17, 15) is 4.79 Å². The lowest BCUT2D eigenvalue weighted by atomic mass is 10.00. The van der Waals surface area contributed by atoms with E-state index < -0.39 is 5.97 Å². The van der Waals surface area contributed by atoms with Gasteiger partial charge in [0, 0.05) is 12.1 Å². The molecule has 19 heavy (non-hydrogen) atoms. The highest BCUT2D eigenvalue weighted by atomic mass is 16.4. The van der Waals surface area contributed by atoms with Crippen LogP contribution in [0.15, 0.2) is 10.5 Å². The third-order valence-corrected chi connectivity index (χ3v) is 3.83. The van der Waals surface area contributed by atoms with E-state index in [0.717, 1.165) is 0 Å². The highest BCUT2D eigenvalue weighted by molar-refractivity contribution is 5.88. The van der Waals surface area contributed by atoms with Gasteiger partial charge in [0.05, 0.1) is 6.54 Å². The number of carbonyl (C=O) groups is 1. The molecule has 2 unspecified atom stereocenters. The molecule has 1 fully saturated rings. The maximum Gasteiger partial charge on any atom is 0.339 e. The Balaban J connectivity index is 1.98. The molecule has 1 aliphatic heterocycles. The first-order valence-corrected chi connectivity index (χ1v) is 6.83. The van der Waals surface area contributed by atoms with Gasteiger partial charge in [0.15, 0.2) is 0 Å². The minimum Gasteiger partial charge on any atom is -0.478 e. The number of aryl methyl sites for hydroxylation is 1. The summed E-state index contributed by atoms with van der Waals surface area (Å²) in [5.74, 6) is 0.191. The van der Waals surface area contributed by atoms with Gasteiger partial charge >= 0.3 is 5.97 Å². The molecular weight excluding hydrogens is 244 g/mol. The van der Waals surface area contributed by atoms with E-state index in [0.29, 0.717) is 30.1 Å². The minimum atomic E-state index is -0.938. The Morgan fingerprint density at radius 3 is 2.63 bits per heavy atom. The predicted octanol–water partition coefficient (Wildman–Crippen LogP) is 2.55. The van der Waals surface area contributed by atoms with Crippen LogP contribution in [0.25, 0.3) is 0 Å². The summed E-state index contributed by atoms with van der Waals surface area (Å²) in [5.41, 5.74) is 3.61. The van der Waals surface area contributed by atoms with Gasteiger partial charge in [0.25, 0.3) is 0 Å². The van der Waals surface area contributed by atoms with Crippen LogP contribution in [-0.2, 0) is 6.54 Å². The molecule has 106 valence electrons. The molecule has 2 heterocycles. The fourth-order valence-electron chi connectivity index (χ4n) is 2.75. The maximum atomic E-state index is 11.0. The Bertz CT molecular complexity index is 446. The first-order valence-electron chi connectivity index (χ1n) is 6.83. The molecule has 0 amide bonds. The van der Waals surface area contributed by atoms with E-state index in [-0.39, 0.29) is 5.56 Å². The topological polar surface area (TPSA) is 65.7 Å². The average molecular weight is 266 g/mol. The number of aromatic carboxylic acids is 1. The van der Waals surface area contributed by atoms with Gasteiger partial charge in [0.1, 0.15) is 17.1 Å². The van der Waals surface area contributed by atoms with Crippen LogP contribution >= 0.6 is 0 Å². The zero-order chi connectivity index (χ0) is 14.0. The fourth-order valence-corrected chi connectivity index (χ4v) is 2.75. The first-order chi connectivity index (χ1) is 8.99. The van der Waals surface area contributed by atoms with Crippen molar-refractivity contribution in [2.24, 2.45) is 0 Å². The summed E-state index contributed by atoms with van der Waals surface area (Å²) in [6, 6.07) is 2.60. The number of hydrazine groups is 1. The van der Waals surface area contributed by atoms with E-state index >= 15 is 0 Å². The van der Waals surface area contributed by atoms with E-state index in [2.05, 4.69) is 24.3 Å². The molecule has 1 aromatic rings. The van der Waals surface area contributed by atoms with Gasteiger partial charge in [-0.3, -0.25) is 0 Å². The Morgan fingerprint density at radius 1 is 1.47 bits per heavy atom. The van der Waals surface area contributed by atoms with Gasteiger partial charge in [-0.1, -0.05) is 6.42 Å². The van der Waals surface area contributed by atoms with Crippen molar-refractivity contribution in [1.82, 2.24) is 10.4 Å². The molecule has 1 aromatic heterocycles. The monoisotopic (exact) mass is 266 g/mol. The van der Waals surface area contributed by atoms with Gasteiger partial charge in [-0.2, -0.15) is 0 Å².